The van der Waals surface area contributed by atoms with Gasteiger partial charge in [0.15, 0.2) is 5.70 Å². The summed E-state index contributed by atoms with van der Waals surface area (Å²) in [4.78, 5) is 12.3. The predicted octanol–water partition coefficient (Wildman–Crippen LogP) is 4.49. The molecule has 0 spiro atoms. The predicted molar refractivity (Wildman–Crippen MR) is 96.7 cm³/mol. The number of hydrogen-bond donors (Lipinski definition) is 2. The number of nitrogens with zero attached hydrogens (tertiary/aromatic N) is 3. The zero-order valence-electron chi connectivity index (χ0n) is 15.4. The van der Waals surface area contributed by atoms with Gasteiger partial charge in [0.2, 0.25) is 5.82 Å². The van der Waals surface area contributed by atoms with E-state index in [2.05, 4.69) is 20.7 Å². The van der Waals surface area contributed by atoms with E-state index in [1.54, 1.807) is 37.4 Å². The highest BCUT2D eigenvalue weighted by molar-refractivity contribution is 6.03. The van der Waals surface area contributed by atoms with Crippen LogP contribution in [0.15, 0.2) is 56.5 Å². The van der Waals surface area contributed by atoms with Gasteiger partial charge in [0.1, 0.15) is 17.3 Å². The molecular weight excluding hydrogens is 336 g/mol. The molecule has 0 saturated heterocycles. The van der Waals surface area contributed by atoms with Gasteiger partial charge in [0, 0.05) is 17.2 Å². The summed E-state index contributed by atoms with van der Waals surface area (Å²) < 4.78 is 10.3. The smallest absolute Gasteiger partial charge is 0.279 e. The molecule has 1 heterocycles. The number of aliphatic hydroxyl groups excluding tert-OH is 1. The SMILES string of the molecule is COc1ccc(NC(=O)/C(N=Nc2cc(C(C)(C)C)on2)=C(\C)O)cc1. The Hall–Kier alpha value is -3.16. The number of hydrogen-bond acceptors (Lipinski definition) is 7. The van der Waals surface area contributed by atoms with E-state index in [1.807, 2.05) is 20.8 Å². The van der Waals surface area contributed by atoms with Crippen LogP contribution in [0.4, 0.5) is 11.5 Å². The standard InChI is InChI=1S/C18H22N4O4/c1-11(23)16(17(24)19-12-6-8-13(25-5)9-7-12)21-20-15-10-14(26-22-15)18(2,3)4/h6-10,23H,1-5H3,(H,19,24)/b16-11-,21-20?. The molecule has 8 heteroatoms. The molecule has 0 aliphatic rings. The van der Waals surface area contributed by atoms with Crippen LogP contribution in [0.2, 0.25) is 0 Å². The Kier molecular flexibility index (Phi) is 5.76. The van der Waals surface area contributed by atoms with Gasteiger partial charge in [-0.25, -0.2) is 0 Å². The Morgan fingerprint density at radius 1 is 1.27 bits per heavy atom. The van der Waals surface area contributed by atoms with Gasteiger partial charge in [0.05, 0.1) is 7.11 Å². The van der Waals surface area contributed by atoms with E-state index in [0.717, 1.165) is 0 Å². The van der Waals surface area contributed by atoms with Crippen LogP contribution in [0.1, 0.15) is 33.5 Å². The lowest BCUT2D eigenvalue weighted by atomic mass is 9.93. The first-order chi connectivity index (χ1) is 12.2. The Morgan fingerprint density at radius 3 is 2.42 bits per heavy atom. The molecule has 138 valence electrons. The van der Waals surface area contributed by atoms with Crippen molar-refractivity contribution in [2.24, 2.45) is 10.2 Å². The van der Waals surface area contributed by atoms with E-state index >= 15 is 0 Å². The number of methoxy groups -OCH3 is 1. The molecule has 2 rings (SSSR count). The van der Waals surface area contributed by atoms with Crippen molar-refractivity contribution < 1.29 is 19.2 Å². The van der Waals surface area contributed by atoms with E-state index in [9.17, 15) is 9.90 Å². The third kappa shape index (κ3) is 4.92. The number of anilines is 1. The number of azo groups is 1. The topological polar surface area (TPSA) is 109 Å². The fourth-order valence-electron chi connectivity index (χ4n) is 1.91. The molecule has 0 atom stereocenters. The van der Waals surface area contributed by atoms with Crippen LogP contribution >= 0.6 is 0 Å². The van der Waals surface area contributed by atoms with Crippen molar-refractivity contribution in [2.45, 2.75) is 33.1 Å². The van der Waals surface area contributed by atoms with Gasteiger partial charge in [0.25, 0.3) is 5.91 Å². The first kappa shape index (κ1) is 19.2. The van der Waals surface area contributed by atoms with Crippen molar-refractivity contribution in [2.75, 3.05) is 12.4 Å². The minimum Gasteiger partial charge on any atom is -0.510 e. The highest BCUT2D eigenvalue weighted by Crippen LogP contribution is 2.26. The Labute approximate surface area is 151 Å². The number of carbonyl (C=O) groups excluding carboxylic acids is 1. The molecule has 0 unspecified atom stereocenters. The Bertz CT molecular complexity index is 826. The van der Waals surface area contributed by atoms with Crippen LogP contribution in [-0.2, 0) is 10.2 Å². The van der Waals surface area contributed by atoms with Crippen molar-refractivity contribution in [1.82, 2.24) is 5.16 Å². The van der Waals surface area contributed by atoms with Gasteiger partial charge in [-0.05, 0) is 31.2 Å². The maximum atomic E-state index is 12.3. The molecule has 8 nitrogen and oxygen atoms in total. The number of nitrogens with one attached hydrogen (secondary N) is 1. The molecule has 0 saturated carbocycles. The summed E-state index contributed by atoms with van der Waals surface area (Å²) in [5, 5.41) is 23.9. The number of aliphatic hydroxyl groups is 1. The summed E-state index contributed by atoms with van der Waals surface area (Å²) in [6.45, 7) is 7.27. The number of ether oxygens (including phenoxy) is 1. The van der Waals surface area contributed by atoms with E-state index in [1.165, 1.54) is 6.92 Å². The molecule has 0 fully saturated rings. The highest BCUT2D eigenvalue weighted by atomic mass is 16.5. The molecule has 1 amide bonds. The lowest BCUT2D eigenvalue weighted by Gasteiger charge is -2.11. The van der Waals surface area contributed by atoms with Gasteiger partial charge >= 0.3 is 0 Å². The Balaban J connectivity index is 2.14. The molecule has 0 aliphatic carbocycles. The van der Waals surface area contributed by atoms with Crippen LogP contribution in [0.5, 0.6) is 5.75 Å². The molecule has 1 aromatic carbocycles. The lowest BCUT2D eigenvalue weighted by molar-refractivity contribution is -0.113. The molecular formula is C18H22N4O4. The molecule has 0 aliphatic heterocycles. The zero-order chi connectivity index (χ0) is 19.3. The van der Waals surface area contributed by atoms with Crippen molar-refractivity contribution in [1.29, 1.82) is 0 Å². The summed E-state index contributed by atoms with van der Waals surface area (Å²) in [6.07, 6.45) is 0. The van der Waals surface area contributed by atoms with E-state index in [4.69, 9.17) is 9.26 Å². The number of aromatic nitrogens is 1. The van der Waals surface area contributed by atoms with Crippen molar-refractivity contribution in [3.05, 3.63) is 47.5 Å². The maximum absolute atomic E-state index is 12.3. The summed E-state index contributed by atoms with van der Waals surface area (Å²) in [6, 6.07) is 8.39. The summed E-state index contributed by atoms with van der Waals surface area (Å²) in [5.41, 5.74) is 0.0836. The second kappa shape index (κ2) is 7.81. The van der Waals surface area contributed by atoms with Gasteiger partial charge < -0.3 is 19.7 Å². The first-order valence-corrected chi connectivity index (χ1v) is 7.95. The molecule has 0 bridgehead atoms. The van der Waals surface area contributed by atoms with Crippen molar-refractivity contribution in [3.8, 4) is 5.75 Å². The van der Waals surface area contributed by atoms with Crippen LogP contribution in [0, 0.1) is 0 Å². The summed E-state index contributed by atoms with van der Waals surface area (Å²) in [7, 11) is 1.55. The summed E-state index contributed by atoms with van der Waals surface area (Å²) in [5.74, 6) is 0.654. The lowest BCUT2D eigenvalue weighted by Crippen LogP contribution is -2.14. The van der Waals surface area contributed by atoms with Crippen LogP contribution in [0.3, 0.4) is 0 Å². The number of benzene rings is 1. The Morgan fingerprint density at radius 2 is 1.92 bits per heavy atom. The molecule has 2 aromatic rings. The van der Waals surface area contributed by atoms with E-state index in [-0.39, 0.29) is 22.7 Å². The van der Waals surface area contributed by atoms with E-state index in [0.29, 0.717) is 17.2 Å². The average molecular weight is 358 g/mol. The third-order valence-corrected chi connectivity index (χ3v) is 3.40. The minimum atomic E-state index is -0.599. The fourth-order valence-corrected chi connectivity index (χ4v) is 1.91. The zero-order valence-corrected chi connectivity index (χ0v) is 15.4. The number of amides is 1. The van der Waals surface area contributed by atoms with Crippen LogP contribution < -0.4 is 10.1 Å². The minimum absolute atomic E-state index is 0.214. The van der Waals surface area contributed by atoms with Crippen LogP contribution in [-0.4, -0.2) is 23.3 Å². The van der Waals surface area contributed by atoms with Gasteiger partial charge in [-0.1, -0.05) is 25.9 Å². The number of carbonyl (C=O) groups is 1. The second-order valence-corrected chi connectivity index (χ2v) is 6.62. The summed E-state index contributed by atoms with van der Waals surface area (Å²) >= 11 is 0. The number of allylic oxidation sites excluding steroid dienone is 1. The maximum Gasteiger partial charge on any atom is 0.279 e. The second-order valence-electron chi connectivity index (χ2n) is 6.62. The molecule has 1 aromatic heterocycles. The molecule has 26 heavy (non-hydrogen) atoms. The third-order valence-electron chi connectivity index (χ3n) is 3.40. The average Bonchev–Trinajstić information content (AvgIpc) is 3.04. The van der Waals surface area contributed by atoms with Crippen LogP contribution in [0.25, 0.3) is 0 Å². The highest BCUT2D eigenvalue weighted by Gasteiger charge is 2.20. The normalized spacial score (nSPS) is 12.8. The van der Waals surface area contributed by atoms with Gasteiger partial charge in [-0.2, -0.15) is 0 Å². The monoisotopic (exact) mass is 358 g/mol. The largest absolute Gasteiger partial charge is 0.510 e. The fraction of sp³-hybridized carbons (Fsp3) is 0.333. The van der Waals surface area contributed by atoms with Crippen molar-refractivity contribution >= 4 is 17.4 Å². The molecule has 2 N–H and O–H groups in total. The van der Waals surface area contributed by atoms with E-state index < -0.39 is 5.91 Å². The molecule has 0 radical (unpaired) electrons. The van der Waals surface area contributed by atoms with Gasteiger partial charge in [-0.15, -0.1) is 10.2 Å². The number of rotatable bonds is 5. The van der Waals surface area contributed by atoms with Gasteiger partial charge in [-0.3, -0.25) is 4.79 Å². The first-order valence-electron chi connectivity index (χ1n) is 7.95. The quantitative estimate of drug-likeness (QED) is 0.465. The van der Waals surface area contributed by atoms with Crippen molar-refractivity contribution in [3.63, 3.8) is 0 Å².